The number of aromatic nitrogens is 1. The van der Waals surface area contributed by atoms with Crippen LogP contribution in [-0.4, -0.2) is 49.1 Å². The number of ketones is 2. The van der Waals surface area contributed by atoms with Crippen molar-refractivity contribution in [3.63, 3.8) is 0 Å². The summed E-state index contributed by atoms with van der Waals surface area (Å²) in [4.78, 5) is 30.2. The van der Waals surface area contributed by atoms with Gasteiger partial charge in [0.1, 0.15) is 29.6 Å². The maximum Gasteiger partial charge on any atom is 0.181 e. The zero-order valence-electron chi connectivity index (χ0n) is 19.7. The highest BCUT2D eigenvalue weighted by Gasteiger charge is 2.19. The van der Waals surface area contributed by atoms with E-state index in [-0.39, 0.29) is 49.1 Å². The molecule has 186 valence electrons. The molecule has 0 bridgehead atoms. The smallest absolute Gasteiger partial charge is 0.181 e. The average molecular weight is 510 g/mol. The van der Waals surface area contributed by atoms with Crippen molar-refractivity contribution in [2.75, 3.05) is 27.4 Å². The first kappa shape index (κ1) is 25.3. The summed E-state index contributed by atoms with van der Waals surface area (Å²) in [5, 5.41) is 11.4. The Morgan fingerprint density at radius 1 is 0.972 bits per heavy atom. The summed E-state index contributed by atoms with van der Waals surface area (Å²) in [6.45, 7) is -0.0439. The number of halogens is 1. The van der Waals surface area contributed by atoms with E-state index in [0.717, 1.165) is 0 Å². The van der Waals surface area contributed by atoms with E-state index in [2.05, 4.69) is 4.98 Å². The molecule has 2 heterocycles. The molecule has 0 atom stereocenters. The van der Waals surface area contributed by atoms with Crippen molar-refractivity contribution in [1.82, 2.24) is 4.98 Å². The van der Waals surface area contributed by atoms with Gasteiger partial charge in [0.25, 0.3) is 0 Å². The standard InChI is InChI=1S/C27H24FNO6S/c1-33-24-11-7-20(29-26(24)18-15-36-27-17(18)4-3-5-19(27)28)22(32)9-8-21(31)16-6-10-23(35-13-12-30)25(14-16)34-2/h3-7,10-11,14-15,30H,8-9,12-13H2,1-2H3. The largest absolute Gasteiger partial charge is 0.494 e. The van der Waals surface area contributed by atoms with E-state index in [4.69, 9.17) is 19.3 Å². The maximum atomic E-state index is 14.2. The highest BCUT2D eigenvalue weighted by Crippen LogP contribution is 2.38. The molecule has 0 saturated carbocycles. The van der Waals surface area contributed by atoms with Crippen molar-refractivity contribution < 1.29 is 33.3 Å². The second-order valence-corrected chi connectivity index (χ2v) is 8.68. The molecule has 0 fully saturated rings. The second kappa shape index (κ2) is 11.3. The number of thiophene rings is 1. The number of fused-ring (bicyclic) bond motifs is 1. The highest BCUT2D eigenvalue weighted by molar-refractivity contribution is 7.17. The number of methoxy groups -OCH3 is 2. The minimum absolute atomic E-state index is 0.0194. The number of Topliss-reactive ketones (excluding diaryl/α,β-unsaturated/α-hetero) is 2. The molecule has 4 rings (SSSR count). The lowest BCUT2D eigenvalue weighted by Gasteiger charge is -2.11. The fraction of sp³-hybridized carbons (Fsp3) is 0.222. The molecule has 0 aliphatic rings. The van der Waals surface area contributed by atoms with Gasteiger partial charge in [-0.2, -0.15) is 0 Å². The van der Waals surface area contributed by atoms with E-state index in [9.17, 15) is 14.0 Å². The molecule has 2 aromatic carbocycles. The Kier molecular flexibility index (Phi) is 7.92. The summed E-state index contributed by atoms with van der Waals surface area (Å²) in [6, 6.07) is 12.8. The lowest BCUT2D eigenvalue weighted by atomic mass is 10.0. The molecule has 0 radical (unpaired) electrons. The Labute approximate surface area is 211 Å². The number of pyridine rings is 1. The Bertz CT molecular complexity index is 1420. The van der Waals surface area contributed by atoms with Gasteiger partial charge in [0.05, 0.1) is 25.5 Å². The van der Waals surface area contributed by atoms with Gasteiger partial charge in [-0.05, 0) is 36.4 Å². The van der Waals surface area contributed by atoms with Crippen LogP contribution in [0.4, 0.5) is 4.39 Å². The number of nitrogens with zero attached hydrogens (tertiary/aromatic N) is 1. The number of benzene rings is 2. The molecule has 4 aromatic rings. The molecule has 0 aliphatic heterocycles. The van der Waals surface area contributed by atoms with E-state index < -0.39 is 0 Å². The molecule has 0 aliphatic carbocycles. The number of aliphatic hydroxyl groups is 1. The van der Waals surface area contributed by atoms with Crippen LogP contribution in [0.15, 0.2) is 53.9 Å². The van der Waals surface area contributed by atoms with Gasteiger partial charge in [-0.1, -0.05) is 12.1 Å². The number of carbonyl (C=O) groups is 2. The Morgan fingerprint density at radius 2 is 1.72 bits per heavy atom. The van der Waals surface area contributed by atoms with Crippen molar-refractivity contribution in [3.05, 3.63) is 71.0 Å². The normalized spacial score (nSPS) is 10.9. The number of hydrogen-bond acceptors (Lipinski definition) is 8. The van der Waals surface area contributed by atoms with Gasteiger partial charge in [-0.15, -0.1) is 11.3 Å². The summed E-state index contributed by atoms with van der Waals surface area (Å²) in [5.74, 6) is 0.382. The monoisotopic (exact) mass is 509 g/mol. The molecule has 1 N–H and O–H groups in total. The third-order valence-electron chi connectivity index (χ3n) is 5.58. The van der Waals surface area contributed by atoms with Crippen molar-refractivity contribution in [1.29, 1.82) is 0 Å². The summed E-state index contributed by atoms with van der Waals surface area (Å²) in [6.07, 6.45) is -0.0594. The van der Waals surface area contributed by atoms with Crippen LogP contribution >= 0.6 is 11.3 Å². The fourth-order valence-electron chi connectivity index (χ4n) is 3.78. The highest BCUT2D eigenvalue weighted by atomic mass is 32.1. The van der Waals surface area contributed by atoms with Crippen molar-refractivity contribution in [2.24, 2.45) is 0 Å². The second-order valence-electron chi connectivity index (χ2n) is 7.80. The molecule has 2 aromatic heterocycles. The molecule has 0 spiro atoms. The first-order chi connectivity index (χ1) is 17.5. The van der Waals surface area contributed by atoms with E-state index in [1.807, 2.05) is 0 Å². The molecular weight excluding hydrogens is 485 g/mol. The number of rotatable bonds is 11. The van der Waals surface area contributed by atoms with Gasteiger partial charge in [0, 0.05) is 34.7 Å². The first-order valence-corrected chi connectivity index (χ1v) is 12.0. The van der Waals surface area contributed by atoms with Gasteiger partial charge in [-0.25, -0.2) is 9.37 Å². The third-order valence-corrected chi connectivity index (χ3v) is 6.59. The maximum absolute atomic E-state index is 14.2. The quantitative estimate of drug-likeness (QED) is 0.273. The molecule has 0 unspecified atom stereocenters. The van der Waals surface area contributed by atoms with Crippen LogP contribution in [-0.2, 0) is 0 Å². The fourth-order valence-corrected chi connectivity index (χ4v) is 4.74. The Balaban J connectivity index is 1.52. The first-order valence-electron chi connectivity index (χ1n) is 11.2. The van der Waals surface area contributed by atoms with E-state index in [1.165, 1.54) is 31.6 Å². The minimum atomic E-state index is -0.321. The average Bonchev–Trinajstić information content (AvgIpc) is 3.35. The molecule has 36 heavy (non-hydrogen) atoms. The van der Waals surface area contributed by atoms with Crippen molar-refractivity contribution in [3.8, 4) is 28.5 Å². The Hall–Kier alpha value is -3.82. The Morgan fingerprint density at radius 3 is 2.47 bits per heavy atom. The summed E-state index contributed by atoms with van der Waals surface area (Å²) in [7, 11) is 2.96. The third kappa shape index (κ3) is 5.22. The van der Waals surface area contributed by atoms with E-state index in [0.29, 0.717) is 44.2 Å². The number of aliphatic hydroxyl groups excluding tert-OH is 1. The molecule has 9 heteroatoms. The minimum Gasteiger partial charge on any atom is -0.494 e. The van der Waals surface area contributed by atoms with Crippen LogP contribution in [0.25, 0.3) is 21.3 Å². The summed E-state index contributed by atoms with van der Waals surface area (Å²) >= 11 is 1.26. The van der Waals surface area contributed by atoms with E-state index >= 15 is 0 Å². The van der Waals surface area contributed by atoms with Crippen molar-refractivity contribution in [2.45, 2.75) is 12.8 Å². The van der Waals surface area contributed by atoms with Crippen LogP contribution in [0.2, 0.25) is 0 Å². The van der Waals surface area contributed by atoms with Gasteiger partial charge >= 0.3 is 0 Å². The topological polar surface area (TPSA) is 95.0 Å². The lowest BCUT2D eigenvalue weighted by molar-refractivity contribution is 0.0914. The molecule has 0 amide bonds. The summed E-state index contributed by atoms with van der Waals surface area (Å²) in [5.41, 5.74) is 1.69. The molecule has 0 saturated heterocycles. The van der Waals surface area contributed by atoms with Crippen molar-refractivity contribution >= 4 is 33.0 Å². The number of hydrogen-bond donors (Lipinski definition) is 1. The van der Waals surface area contributed by atoms with Crippen LogP contribution in [0.3, 0.4) is 0 Å². The van der Waals surface area contributed by atoms with Crippen LogP contribution in [0.1, 0.15) is 33.7 Å². The SMILES string of the molecule is COc1cc(C(=O)CCC(=O)c2ccc(OC)c(-c3csc4c(F)cccc34)n2)ccc1OCCO. The number of carbonyl (C=O) groups excluding carboxylic acids is 2. The van der Waals surface area contributed by atoms with Crippen LogP contribution in [0, 0.1) is 5.82 Å². The lowest BCUT2D eigenvalue weighted by Crippen LogP contribution is -2.08. The predicted octanol–water partition coefficient (Wildman–Crippen LogP) is 5.34. The van der Waals surface area contributed by atoms with Gasteiger partial charge in [-0.3, -0.25) is 9.59 Å². The van der Waals surface area contributed by atoms with Gasteiger partial charge < -0.3 is 19.3 Å². The zero-order valence-corrected chi connectivity index (χ0v) is 20.6. The molecular formula is C27H24FNO6S. The zero-order chi connectivity index (χ0) is 25.7. The van der Waals surface area contributed by atoms with Gasteiger partial charge in [0.15, 0.2) is 23.1 Å². The number of ether oxygens (including phenoxy) is 3. The van der Waals surface area contributed by atoms with Crippen LogP contribution in [0.5, 0.6) is 17.2 Å². The van der Waals surface area contributed by atoms with Crippen LogP contribution < -0.4 is 14.2 Å². The molecule has 7 nitrogen and oxygen atoms in total. The summed E-state index contributed by atoms with van der Waals surface area (Å²) < 4.78 is 30.8. The predicted molar refractivity (Wildman–Crippen MR) is 135 cm³/mol. The van der Waals surface area contributed by atoms with E-state index in [1.54, 1.807) is 47.8 Å². The van der Waals surface area contributed by atoms with Gasteiger partial charge in [0.2, 0.25) is 0 Å².